The van der Waals surface area contributed by atoms with Crippen LogP contribution in [0.2, 0.25) is 0 Å². The Kier molecular flexibility index (Phi) is 9.06. The Morgan fingerprint density at radius 1 is 1.16 bits per heavy atom. The molecule has 2 aromatic rings. The molecule has 0 saturated carbocycles. The van der Waals surface area contributed by atoms with Crippen molar-refractivity contribution >= 4 is 16.7 Å². The van der Waals surface area contributed by atoms with Gasteiger partial charge < -0.3 is 14.8 Å². The van der Waals surface area contributed by atoms with Crippen molar-refractivity contribution in [3.05, 3.63) is 65.2 Å². The SMILES string of the molecule is CN(CCOc1cccc(CNC(=O)c2cccc(CS(C)=O)c2)c1)C1CCOCC1. The molecule has 0 aliphatic carbocycles. The van der Waals surface area contributed by atoms with Crippen LogP contribution in [0.5, 0.6) is 5.75 Å². The maximum absolute atomic E-state index is 12.5. The summed E-state index contributed by atoms with van der Waals surface area (Å²) in [6.07, 6.45) is 3.81. The first-order valence-corrected chi connectivity index (χ1v) is 12.4. The zero-order valence-corrected chi connectivity index (χ0v) is 19.2. The van der Waals surface area contributed by atoms with Gasteiger partial charge in [-0.05, 0) is 55.3 Å². The van der Waals surface area contributed by atoms with Gasteiger partial charge in [0.2, 0.25) is 0 Å². The number of hydrogen-bond acceptors (Lipinski definition) is 5. The minimum absolute atomic E-state index is 0.145. The van der Waals surface area contributed by atoms with Gasteiger partial charge in [0.05, 0.1) is 0 Å². The molecule has 1 heterocycles. The van der Waals surface area contributed by atoms with Gasteiger partial charge in [-0.3, -0.25) is 13.9 Å². The predicted octanol–water partition coefficient (Wildman–Crippen LogP) is 2.98. The Balaban J connectivity index is 1.46. The van der Waals surface area contributed by atoms with Crippen molar-refractivity contribution in [1.82, 2.24) is 10.2 Å². The van der Waals surface area contributed by atoms with E-state index in [0.717, 1.165) is 49.5 Å². The molecule has 1 aliphatic rings. The molecule has 7 heteroatoms. The number of carbonyl (C=O) groups is 1. The van der Waals surface area contributed by atoms with Crippen molar-refractivity contribution in [2.24, 2.45) is 0 Å². The maximum Gasteiger partial charge on any atom is 0.251 e. The molecule has 0 radical (unpaired) electrons. The Hall–Kier alpha value is -2.22. The van der Waals surface area contributed by atoms with E-state index >= 15 is 0 Å². The number of likely N-dealkylation sites (N-methyl/N-ethyl adjacent to an activating group) is 1. The van der Waals surface area contributed by atoms with Crippen LogP contribution >= 0.6 is 0 Å². The Labute approximate surface area is 187 Å². The van der Waals surface area contributed by atoms with E-state index in [0.29, 0.717) is 30.5 Å². The molecular formula is C24H32N2O4S. The lowest BCUT2D eigenvalue weighted by Gasteiger charge is -2.31. The highest BCUT2D eigenvalue weighted by Gasteiger charge is 2.18. The summed E-state index contributed by atoms with van der Waals surface area (Å²) >= 11 is 0. The summed E-state index contributed by atoms with van der Waals surface area (Å²) in [6, 6.07) is 15.7. The van der Waals surface area contributed by atoms with Gasteiger partial charge in [-0.15, -0.1) is 0 Å². The molecule has 168 valence electrons. The summed E-state index contributed by atoms with van der Waals surface area (Å²) in [5, 5.41) is 2.95. The second-order valence-electron chi connectivity index (χ2n) is 7.92. The fourth-order valence-corrected chi connectivity index (χ4v) is 4.33. The van der Waals surface area contributed by atoms with Gasteiger partial charge in [-0.25, -0.2) is 0 Å². The van der Waals surface area contributed by atoms with Gasteiger partial charge in [-0.2, -0.15) is 0 Å². The molecule has 0 spiro atoms. The summed E-state index contributed by atoms with van der Waals surface area (Å²) in [7, 11) is 1.20. The molecule has 1 N–H and O–H groups in total. The smallest absolute Gasteiger partial charge is 0.251 e. The molecule has 0 aromatic heterocycles. The van der Waals surface area contributed by atoms with E-state index in [4.69, 9.17) is 9.47 Å². The molecule has 0 bridgehead atoms. The highest BCUT2D eigenvalue weighted by Crippen LogP contribution is 2.15. The van der Waals surface area contributed by atoms with Crippen molar-refractivity contribution in [1.29, 1.82) is 0 Å². The van der Waals surface area contributed by atoms with E-state index in [1.54, 1.807) is 18.4 Å². The zero-order chi connectivity index (χ0) is 22.1. The molecule has 1 saturated heterocycles. The Bertz CT molecular complexity index is 883. The number of hydrogen-bond donors (Lipinski definition) is 1. The average Bonchev–Trinajstić information content (AvgIpc) is 2.78. The predicted molar refractivity (Wildman–Crippen MR) is 124 cm³/mol. The molecule has 1 aliphatic heterocycles. The summed E-state index contributed by atoms with van der Waals surface area (Å²) in [4.78, 5) is 14.8. The van der Waals surface area contributed by atoms with E-state index in [2.05, 4.69) is 17.3 Å². The molecule has 1 atom stereocenters. The number of rotatable bonds is 10. The highest BCUT2D eigenvalue weighted by atomic mass is 32.2. The molecule has 6 nitrogen and oxygen atoms in total. The lowest BCUT2D eigenvalue weighted by atomic mass is 10.1. The van der Waals surface area contributed by atoms with Crippen LogP contribution in [0.15, 0.2) is 48.5 Å². The van der Waals surface area contributed by atoms with Crippen molar-refractivity contribution < 1.29 is 18.5 Å². The molecule has 1 amide bonds. The van der Waals surface area contributed by atoms with Gasteiger partial charge in [-0.1, -0.05) is 24.3 Å². The third kappa shape index (κ3) is 7.76. The first-order valence-electron chi connectivity index (χ1n) is 10.7. The Morgan fingerprint density at radius 2 is 1.90 bits per heavy atom. The number of carbonyl (C=O) groups excluding carboxylic acids is 1. The Morgan fingerprint density at radius 3 is 2.68 bits per heavy atom. The molecule has 1 unspecified atom stereocenters. The monoisotopic (exact) mass is 444 g/mol. The quantitative estimate of drug-likeness (QED) is 0.610. The number of benzene rings is 2. The van der Waals surface area contributed by atoms with Gasteiger partial charge in [0.25, 0.3) is 5.91 Å². The van der Waals surface area contributed by atoms with Crippen molar-refractivity contribution in [2.75, 3.05) is 39.7 Å². The van der Waals surface area contributed by atoms with Crippen LogP contribution in [0.3, 0.4) is 0 Å². The third-order valence-corrected chi connectivity index (χ3v) is 6.18. The van der Waals surface area contributed by atoms with Gasteiger partial charge >= 0.3 is 0 Å². The van der Waals surface area contributed by atoms with Crippen LogP contribution in [-0.4, -0.2) is 60.7 Å². The van der Waals surface area contributed by atoms with Gasteiger partial charge in [0.15, 0.2) is 0 Å². The van der Waals surface area contributed by atoms with Crippen LogP contribution < -0.4 is 10.1 Å². The van der Waals surface area contributed by atoms with Crippen molar-refractivity contribution in [3.8, 4) is 5.75 Å². The summed E-state index contributed by atoms with van der Waals surface area (Å²) in [6.45, 7) is 3.58. The number of ether oxygens (including phenoxy) is 2. The van der Waals surface area contributed by atoms with Crippen LogP contribution in [0, 0.1) is 0 Å². The van der Waals surface area contributed by atoms with E-state index in [1.807, 2.05) is 36.4 Å². The van der Waals surface area contributed by atoms with Crippen molar-refractivity contribution in [2.45, 2.75) is 31.2 Å². The second-order valence-corrected chi connectivity index (χ2v) is 9.36. The first-order chi connectivity index (χ1) is 15.0. The topological polar surface area (TPSA) is 67.9 Å². The standard InChI is InChI=1S/C24H32N2O4S/c1-26(22-9-12-29-13-10-22)11-14-30-23-8-4-5-19(16-23)17-25-24(27)21-7-3-6-20(15-21)18-31(2)28/h3-8,15-16,22H,9-14,17-18H2,1-2H3,(H,25,27). The van der Waals surface area contributed by atoms with Crippen LogP contribution in [-0.2, 0) is 27.8 Å². The zero-order valence-electron chi connectivity index (χ0n) is 18.3. The fourth-order valence-electron chi connectivity index (χ4n) is 3.68. The minimum atomic E-state index is -0.936. The normalized spacial score (nSPS) is 15.6. The molecule has 3 rings (SSSR count). The van der Waals surface area contributed by atoms with E-state index in [1.165, 1.54) is 0 Å². The number of amides is 1. The lowest BCUT2D eigenvalue weighted by molar-refractivity contribution is 0.0392. The van der Waals surface area contributed by atoms with E-state index in [-0.39, 0.29) is 5.91 Å². The summed E-state index contributed by atoms with van der Waals surface area (Å²) < 4.78 is 22.8. The van der Waals surface area contributed by atoms with Crippen LogP contribution in [0.1, 0.15) is 34.3 Å². The summed E-state index contributed by atoms with van der Waals surface area (Å²) in [5.74, 6) is 1.11. The number of nitrogens with zero attached hydrogens (tertiary/aromatic N) is 1. The fraction of sp³-hybridized carbons (Fsp3) is 0.458. The van der Waals surface area contributed by atoms with Crippen LogP contribution in [0.25, 0.3) is 0 Å². The second kappa shape index (κ2) is 12.0. The molecule has 31 heavy (non-hydrogen) atoms. The minimum Gasteiger partial charge on any atom is -0.492 e. The first kappa shape index (κ1) is 23.4. The third-order valence-electron chi connectivity index (χ3n) is 5.44. The summed E-state index contributed by atoms with van der Waals surface area (Å²) in [5.41, 5.74) is 2.45. The molecular weight excluding hydrogens is 412 g/mol. The maximum atomic E-state index is 12.5. The highest BCUT2D eigenvalue weighted by molar-refractivity contribution is 7.83. The average molecular weight is 445 g/mol. The van der Waals surface area contributed by atoms with E-state index in [9.17, 15) is 9.00 Å². The number of nitrogens with one attached hydrogen (secondary N) is 1. The van der Waals surface area contributed by atoms with Crippen molar-refractivity contribution in [3.63, 3.8) is 0 Å². The molecule has 2 aromatic carbocycles. The van der Waals surface area contributed by atoms with E-state index < -0.39 is 10.8 Å². The van der Waals surface area contributed by atoms with Gasteiger partial charge in [0, 0.05) is 60.7 Å². The molecule has 1 fully saturated rings. The van der Waals surface area contributed by atoms with Gasteiger partial charge in [0.1, 0.15) is 12.4 Å². The lowest BCUT2D eigenvalue weighted by Crippen LogP contribution is -2.38. The largest absolute Gasteiger partial charge is 0.492 e. The van der Waals surface area contributed by atoms with Crippen LogP contribution in [0.4, 0.5) is 0 Å².